The van der Waals surface area contributed by atoms with Crippen molar-refractivity contribution in [3.63, 3.8) is 0 Å². The number of hydrogen-bond donors (Lipinski definition) is 1. The van der Waals surface area contributed by atoms with Gasteiger partial charge in [-0.3, -0.25) is 4.79 Å². The van der Waals surface area contributed by atoms with E-state index >= 15 is 0 Å². The molecule has 0 aliphatic rings. The van der Waals surface area contributed by atoms with E-state index in [0.29, 0.717) is 19.4 Å². The second-order valence-corrected chi connectivity index (χ2v) is 6.98. The summed E-state index contributed by atoms with van der Waals surface area (Å²) in [6, 6.07) is 10.4. The van der Waals surface area contributed by atoms with Gasteiger partial charge in [0.05, 0.1) is 5.69 Å². The van der Waals surface area contributed by atoms with Gasteiger partial charge in [0.15, 0.2) is 0 Å². The SMILES string of the molecule is Cc1cc(CCNC(=O)CCc2ccc(C(C)(C)C)cc2)no1. The van der Waals surface area contributed by atoms with Crippen LogP contribution in [-0.2, 0) is 23.1 Å². The predicted molar refractivity (Wildman–Crippen MR) is 91.4 cm³/mol. The Hall–Kier alpha value is -2.10. The molecular formula is C19H26N2O2. The number of nitrogens with zero attached hydrogens (tertiary/aromatic N) is 1. The van der Waals surface area contributed by atoms with Gasteiger partial charge in [0.2, 0.25) is 5.91 Å². The van der Waals surface area contributed by atoms with E-state index in [9.17, 15) is 4.79 Å². The first-order chi connectivity index (χ1) is 10.8. The van der Waals surface area contributed by atoms with Gasteiger partial charge in [-0.2, -0.15) is 0 Å². The van der Waals surface area contributed by atoms with Crippen LogP contribution < -0.4 is 5.32 Å². The van der Waals surface area contributed by atoms with Crippen LogP contribution in [0, 0.1) is 6.92 Å². The molecule has 4 heteroatoms. The topological polar surface area (TPSA) is 55.1 Å². The van der Waals surface area contributed by atoms with Gasteiger partial charge < -0.3 is 9.84 Å². The van der Waals surface area contributed by atoms with Crippen LogP contribution in [-0.4, -0.2) is 17.6 Å². The third kappa shape index (κ3) is 5.55. The maximum atomic E-state index is 11.9. The average Bonchev–Trinajstić information content (AvgIpc) is 2.90. The molecule has 0 unspecified atom stereocenters. The summed E-state index contributed by atoms with van der Waals surface area (Å²) in [5.41, 5.74) is 3.55. The molecule has 0 saturated carbocycles. The standard InChI is InChI=1S/C19H26N2O2/c1-14-13-17(21-23-14)11-12-20-18(22)10-7-15-5-8-16(9-6-15)19(2,3)4/h5-6,8-9,13H,7,10-12H2,1-4H3,(H,20,22). The van der Waals surface area contributed by atoms with Gasteiger partial charge in [0, 0.05) is 25.5 Å². The summed E-state index contributed by atoms with van der Waals surface area (Å²) in [5, 5.41) is 6.83. The molecule has 1 aromatic carbocycles. The minimum Gasteiger partial charge on any atom is -0.361 e. The third-order valence-corrected chi connectivity index (χ3v) is 3.84. The van der Waals surface area contributed by atoms with Crippen LogP contribution in [0.15, 0.2) is 34.9 Å². The van der Waals surface area contributed by atoms with E-state index in [1.807, 2.05) is 13.0 Å². The lowest BCUT2D eigenvalue weighted by Gasteiger charge is -2.19. The molecule has 0 spiro atoms. The molecule has 23 heavy (non-hydrogen) atoms. The maximum absolute atomic E-state index is 11.9. The highest BCUT2D eigenvalue weighted by molar-refractivity contribution is 5.76. The van der Waals surface area contributed by atoms with Crippen molar-refractivity contribution in [1.82, 2.24) is 10.5 Å². The quantitative estimate of drug-likeness (QED) is 0.887. The van der Waals surface area contributed by atoms with Gasteiger partial charge in [-0.05, 0) is 29.9 Å². The molecule has 1 aromatic heterocycles. The Kier molecular flexibility index (Phi) is 5.59. The Morgan fingerprint density at radius 2 is 1.87 bits per heavy atom. The number of aromatic nitrogens is 1. The molecule has 2 rings (SSSR count). The number of carbonyl (C=O) groups excluding carboxylic acids is 1. The van der Waals surface area contributed by atoms with Gasteiger partial charge >= 0.3 is 0 Å². The highest BCUT2D eigenvalue weighted by Gasteiger charge is 2.13. The number of aryl methyl sites for hydroxylation is 2. The first-order valence-corrected chi connectivity index (χ1v) is 8.13. The molecule has 2 aromatic rings. The number of hydrogen-bond acceptors (Lipinski definition) is 3. The Morgan fingerprint density at radius 1 is 1.17 bits per heavy atom. The molecule has 0 aliphatic carbocycles. The van der Waals surface area contributed by atoms with Crippen LogP contribution >= 0.6 is 0 Å². The molecule has 1 heterocycles. The van der Waals surface area contributed by atoms with Crippen LogP contribution in [0.5, 0.6) is 0 Å². The Bertz CT molecular complexity index is 636. The zero-order chi connectivity index (χ0) is 16.9. The lowest BCUT2D eigenvalue weighted by molar-refractivity contribution is -0.121. The lowest BCUT2D eigenvalue weighted by atomic mass is 9.86. The summed E-state index contributed by atoms with van der Waals surface area (Å²) < 4.78 is 5.00. The molecule has 0 aliphatic heterocycles. The summed E-state index contributed by atoms with van der Waals surface area (Å²) in [4.78, 5) is 11.9. The van der Waals surface area contributed by atoms with Gasteiger partial charge in [0.25, 0.3) is 0 Å². The van der Waals surface area contributed by atoms with Crippen molar-refractivity contribution >= 4 is 5.91 Å². The van der Waals surface area contributed by atoms with Gasteiger partial charge in [-0.15, -0.1) is 0 Å². The summed E-state index contributed by atoms with van der Waals surface area (Å²) in [6.07, 6.45) is 1.97. The van der Waals surface area contributed by atoms with E-state index in [4.69, 9.17) is 4.52 Å². The second-order valence-electron chi connectivity index (χ2n) is 6.98. The number of amides is 1. The molecule has 0 fully saturated rings. The lowest BCUT2D eigenvalue weighted by Crippen LogP contribution is -2.25. The van der Waals surface area contributed by atoms with E-state index in [1.54, 1.807) is 0 Å². The van der Waals surface area contributed by atoms with Crippen LogP contribution in [0.4, 0.5) is 0 Å². The number of rotatable bonds is 6. The minimum atomic E-state index is 0.0742. The summed E-state index contributed by atoms with van der Waals surface area (Å²) >= 11 is 0. The normalized spacial score (nSPS) is 11.5. The first-order valence-electron chi connectivity index (χ1n) is 8.13. The fourth-order valence-corrected chi connectivity index (χ4v) is 2.38. The van der Waals surface area contributed by atoms with Crippen molar-refractivity contribution in [2.45, 2.75) is 52.4 Å². The minimum absolute atomic E-state index is 0.0742. The summed E-state index contributed by atoms with van der Waals surface area (Å²) in [7, 11) is 0. The zero-order valence-corrected chi connectivity index (χ0v) is 14.5. The van der Waals surface area contributed by atoms with Crippen molar-refractivity contribution in [1.29, 1.82) is 0 Å². The largest absolute Gasteiger partial charge is 0.361 e. The van der Waals surface area contributed by atoms with Crippen molar-refractivity contribution in [3.05, 3.63) is 52.9 Å². The van der Waals surface area contributed by atoms with Crippen LogP contribution in [0.1, 0.15) is 49.8 Å². The number of carbonyl (C=O) groups is 1. The molecule has 0 radical (unpaired) electrons. The van der Waals surface area contributed by atoms with Crippen molar-refractivity contribution < 1.29 is 9.32 Å². The molecule has 1 N–H and O–H groups in total. The van der Waals surface area contributed by atoms with Crippen LogP contribution in [0.3, 0.4) is 0 Å². The molecule has 0 atom stereocenters. The Morgan fingerprint density at radius 3 is 2.43 bits per heavy atom. The molecular weight excluding hydrogens is 288 g/mol. The average molecular weight is 314 g/mol. The molecule has 1 amide bonds. The Balaban J connectivity index is 1.71. The van der Waals surface area contributed by atoms with Crippen LogP contribution in [0.2, 0.25) is 0 Å². The Labute approximate surface area is 138 Å². The van der Waals surface area contributed by atoms with Gasteiger partial charge in [-0.25, -0.2) is 0 Å². The fourth-order valence-electron chi connectivity index (χ4n) is 2.38. The van der Waals surface area contributed by atoms with Crippen molar-refractivity contribution in [2.24, 2.45) is 0 Å². The monoisotopic (exact) mass is 314 g/mol. The second kappa shape index (κ2) is 7.44. The fraction of sp³-hybridized carbons (Fsp3) is 0.474. The maximum Gasteiger partial charge on any atom is 0.220 e. The highest BCUT2D eigenvalue weighted by Crippen LogP contribution is 2.22. The third-order valence-electron chi connectivity index (χ3n) is 3.84. The van der Waals surface area contributed by atoms with E-state index in [0.717, 1.165) is 17.9 Å². The van der Waals surface area contributed by atoms with Crippen molar-refractivity contribution in [2.75, 3.05) is 6.54 Å². The van der Waals surface area contributed by atoms with E-state index in [1.165, 1.54) is 11.1 Å². The van der Waals surface area contributed by atoms with Crippen molar-refractivity contribution in [3.8, 4) is 0 Å². The van der Waals surface area contributed by atoms with Gasteiger partial charge in [0.1, 0.15) is 5.76 Å². The van der Waals surface area contributed by atoms with E-state index < -0.39 is 0 Å². The molecule has 0 saturated heterocycles. The highest BCUT2D eigenvalue weighted by atomic mass is 16.5. The molecule has 124 valence electrons. The number of nitrogens with one attached hydrogen (secondary N) is 1. The predicted octanol–water partition coefficient (Wildman–Crippen LogP) is 3.57. The number of benzene rings is 1. The van der Waals surface area contributed by atoms with Crippen LogP contribution in [0.25, 0.3) is 0 Å². The zero-order valence-electron chi connectivity index (χ0n) is 14.5. The van der Waals surface area contributed by atoms with Gasteiger partial charge in [-0.1, -0.05) is 50.2 Å². The van der Waals surface area contributed by atoms with E-state index in [-0.39, 0.29) is 11.3 Å². The summed E-state index contributed by atoms with van der Waals surface area (Å²) in [6.45, 7) is 9.05. The first kappa shape index (κ1) is 17.3. The summed E-state index contributed by atoms with van der Waals surface area (Å²) in [5.74, 6) is 0.871. The smallest absolute Gasteiger partial charge is 0.220 e. The molecule has 0 bridgehead atoms. The van der Waals surface area contributed by atoms with E-state index in [2.05, 4.69) is 55.5 Å². The molecule has 4 nitrogen and oxygen atoms in total.